The van der Waals surface area contributed by atoms with E-state index < -0.39 is 23.6 Å². The molecule has 0 radical (unpaired) electrons. The van der Waals surface area contributed by atoms with Crippen LogP contribution in [0.15, 0.2) is 12.1 Å². The molecule has 1 aromatic carbocycles. The van der Waals surface area contributed by atoms with Gasteiger partial charge in [0.1, 0.15) is 0 Å². The molecule has 6 heteroatoms. The number of hydrogen-bond donors (Lipinski definition) is 2. The fourth-order valence-corrected chi connectivity index (χ4v) is 2.22. The summed E-state index contributed by atoms with van der Waals surface area (Å²) in [7, 11) is 0. The molecule has 1 aromatic rings. The third-order valence-corrected chi connectivity index (χ3v) is 3.63. The number of aliphatic hydroxyl groups is 1. The third-order valence-electron chi connectivity index (χ3n) is 3.32. The van der Waals surface area contributed by atoms with Gasteiger partial charge in [-0.1, -0.05) is 38.3 Å². The Kier molecular flexibility index (Phi) is 6.36. The lowest BCUT2D eigenvalue weighted by Gasteiger charge is -2.20. The number of aliphatic hydroxyl groups excluding tert-OH is 1. The number of benzene rings is 1. The van der Waals surface area contributed by atoms with E-state index in [0.29, 0.717) is 0 Å². The third kappa shape index (κ3) is 4.15. The van der Waals surface area contributed by atoms with Crippen molar-refractivity contribution >= 4 is 17.5 Å². The largest absolute Gasteiger partial charge is 0.391 e. The minimum absolute atomic E-state index is 0.0422. The maximum absolute atomic E-state index is 13.1. The van der Waals surface area contributed by atoms with Crippen molar-refractivity contribution < 1.29 is 18.7 Å². The summed E-state index contributed by atoms with van der Waals surface area (Å²) >= 11 is 5.70. The van der Waals surface area contributed by atoms with E-state index in [4.69, 9.17) is 11.6 Å². The smallest absolute Gasteiger partial charge is 0.252 e. The van der Waals surface area contributed by atoms with Gasteiger partial charge in [-0.15, -0.1) is 0 Å². The lowest BCUT2D eigenvalue weighted by Crippen LogP contribution is -2.36. The monoisotopic (exact) mass is 305 g/mol. The molecule has 0 saturated heterocycles. The molecule has 0 heterocycles. The molecule has 0 saturated carbocycles. The van der Waals surface area contributed by atoms with Gasteiger partial charge in [0.15, 0.2) is 11.6 Å². The van der Waals surface area contributed by atoms with E-state index in [1.807, 2.05) is 13.8 Å². The average molecular weight is 306 g/mol. The Morgan fingerprint density at radius 1 is 1.30 bits per heavy atom. The maximum atomic E-state index is 13.1. The SMILES string of the molecule is CCC(CC)C(O)CNC(=O)c1cc(F)c(F)cc1Cl. The molecule has 0 bridgehead atoms. The second-order valence-electron chi connectivity index (χ2n) is 4.60. The first-order chi connectivity index (χ1) is 9.40. The van der Waals surface area contributed by atoms with E-state index in [-0.39, 0.29) is 23.0 Å². The topological polar surface area (TPSA) is 49.3 Å². The lowest BCUT2D eigenvalue weighted by atomic mass is 9.96. The molecule has 1 unspecified atom stereocenters. The number of halogens is 3. The van der Waals surface area contributed by atoms with Gasteiger partial charge in [-0.05, 0) is 18.1 Å². The molecule has 112 valence electrons. The highest BCUT2D eigenvalue weighted by molar-refractivity contribution is 6.33. The van der Waals surface area contributed by atoms with Gasteiger partial charge in [0.25, 0.3) is 5.91 Å². The first kappa shape index (κ1) is 16.9. The molecule has 1 rings (SSSR count). The van der Waals surface area contributed by atoms with Gasteiger partial charge in [-0.2, -0.15) is 0 Å². The van der Waals surface area contributed by atoms with Crippen LogP contribution in [0.2, 0.25) is 5.02 Å². The Labute approximate surface area is 121 Å². The Hall–Kier alpha value is -1.20. The number of carbonyl (C=O) groups is 1. The summed E-state index contributed by atoms with van der Waals surface area (Å²) in [6, 6.07) is 1.50. The van der Waals surface area contributed by atoms with Gasteiger partial charge in [0.2, 0.25) is 0 Å². The van der Waals surface area contributed by atoms with Gasteiger partial charge in [0.05, 0.1) is 16.7 Å². The van der Waals surface area contributed by atoms with Crippen LogP contribution < -0.4 is 5.32 Å². The zero-order chi connectivity index (χ0) is 15.3. The normalized spacial score (nSPS) is 12.6. The van der Waals surface area contributed by atoms with E-state index in [1.54, 1.807) is 0 Å². The zero-order valence-electron chi connectivity index (χ0n) is 11.4. The van der Waals surface area contributed by atoms with Crippen molar-refractivity contribution in [2.45, 2.75) is 32.8 Å². The second kappa shape index (κ2) is 7.55. The quantitative estimate of drug-likeness (QED) is 0.793. The number of rotatable bonds is 6. The summed E-state index contributed by atoms with van der Waals surface area (Å²) < 4.78 is 26.0. The van der Waals surface area contributed by atoms with Crippen molar-refractivity contribution in [3.63, 3.8) is 0 Å². The van der Waals surface area contributed by atoms with Gasteiger partial charge in [-0.25, -0.2) is 8.78 Å². The summed E-state index contributed by atoms with van der Waals surface area (Å²) in [5.74, 6) is -2.81. The fraction of sp³-hybridized carbons (Fsp3) is 0.500. The molecule has 0 aromatic heterocycles. The van der Waals surface area contributed by atoms with Crippen molar-refractivity contribution in [2.24, 2.45) is 5.92 Å². The predicted molar refractivity (Wildman–Crippen MR) is 73.8 cm³/mol. The Morgan fingerprint density at radius 2 is 1.85 bits per heavy atom. The van der Waals surface area contributed by atoms with E-state index >= 15 is 0 Å². The molecule has 1 amide bonds. The van der Waals surface area contributed by atoms with Crippen LogP contribution in [-0.2, 0) is 0 Å². The van der Waals surface area contributed by atoms with Gasteiger partial charge < -0.3 is 10.4 Å². The van der Waals surface area contributed by atoms with Crippen molar-refractivity contribution in [3.05, 3.63) is 34.4 Å². The van der Waals surface area contributed by atoms with Gasteiger partial charge >= 0.3 is 0 Å². The highest BCUT2D eigenvalue weighted by atomic mass is 35.5. The van der Waals surface area contributed by atoms with Crippen LogP contribution in [0, 0.1) is 17.6 Å². The Morgan fingerprint density at radius 3 is 2.40 bits per heavy atom. The molecule has 0 spiro atoms. The first-order valence-electron chi connectivity index (χ1n) is 6.51. The molecule has 2 N–H and O–H groups in total. The van der Waals surface area contributed by atoms with E-state index in [0.717, 1.165) is 25.0 Å². The van der Waals surface area contributed by atoms with E-state index in [1.165, 1.54) is 0 Å². The molecular formula is C14H18ClF2NO2. The standard InChI is InChI=1S/C14H18ClF2NO2/c1-3-8(4-2)13(19)7-18-14(20)9-5-11(16)12(17)6-10(9)15/h5-6,8,13,19H,3-4,7H2,1-2H3,(H,18,20). The minimum atomic E-state index is -1.14. The van der Waals surface area contributed by atoms with Gasteiger partial charge in [0, 0.05) is 6.54 Å². The Bertz CT molecular complexity index is 478. The summed E-state index contributed by atoms with van der Waals surface area (Å²) in [4.78, 5) is 11.8. The number of nitrogens with one attached hydrogen (secondary N) is 1. The minimum Gasteiger partial charge on any atom is -0.391 e. The highest BCUT2D eigenvalue weighted by Crippen LogP contribution is 2.20. The second-order valence-corrected chi connectivity index (χ2v) is 5.01. The molecule has 3 nitrogen and oxygen atoms in total. The molecule has 1 atom stereocenters. The molecule has 0 fully saturated rings. The van der Waals surface area contributed by atoms with Crippen LogP contribution in [0.4, 0.5) is 8.78 Å². The summed E-state index contributed by atoms with van der Waals surface area (Å²) in [6.45, 7) is 3.94. The predicted octanol–water partition coefficient (Wildman–Crippen LogP) is 3.15. The summed E-state index contributed by atoms with van der Waals surface area (Å²) in [6.07, 6.45) is 0.900. The molecule has 0 aliphatic rings. The van der Waals surface area contributed by atoms with Crippen molar-refractivity contribution in [3.8, 4) is 0 Å². The summed E-state index contributed by atoms with van der Waals surface area (Å²) in [5, 5.41) is 12.2. The van der Waals surface area contributed by atoms with Crippen LogP contribution >= 0.6 is 11.6 Å². The van der Waals surface area contributed by atoms with Crippen LogP contribution in [-0.4, -0.2) is 23.7 Å². The summed E-state index contributed by atoms with van der Waals surface area (Å²) in [5.41, 5.74) is -0.151. The number of carbonyl (C=O) groups excluding carboxylic acids is 1. The van der Waals surface area contributed by atoms with Crippen molar-refractivity contribution in [2.75, 3.05) is 6.54 Å². The zero-order valence-corrected chi connectivity index (χ0v) is 12.2. The highest BCUT2D eigenvalue weighted by Gasteiger charge is 2.19. The van der Waals surface area contributed by atoms with E-state index in [2.05, 4.69) is 5.32 Å². The van der Waals surface area contributed by atoms with Crippen molar-refractivity contribution in [1.29, 1.82) is 0 Å². The van der Waals surface area contributed by atoms with Gasteiger partial charge in [-0.3, -0.25) is 4.79 Å². The molecule has 0 aliphatic heterocycles. The maximum Gasteiger partial charge on any atom is 0.252 e. The van der Waals surface area contributed by atoms with Crippen LogP contribution in [0.25, 0.3) is 0 Å². The average Bonchev–Trinajstić information content (AvgIpc) is 2.41. The molecular weight excluding hydrogens is 288 g/mol. The first-order valence-corrected chi connectivity index (χ1v) is 6.89. The number of amides is 1. The lowest BCUT2D eigenvalue weighted by molar-refractivity contribution is 0.0816. The van der Waals surface area contributed by atoms with Crippen LogP contribution in [0.5, 0.6) is 0 Å². The molecule has 20 heavy (non-hydrogen) atoms. The van der Waals surface area contributed by atoms with Crippen LogP contribution in [0.3, 0.4) is 0 Å². The molecule has 0 aliphatic carbocycles. The van der Waals surface area contributed by atoms with E-state index in [9.17, 15) is 18.7 Å². The fourth-order valence-electron chi connectivity index (χ4n) is 1.99. The number of hydrogen-bond acceptors (Lipinski definition) is 2. The Balaban J connectivity index is 2.70. The van der Waals surface area contributed by atoms with Crippen LogP contribution in [0.1, 0.15) is 37.0 Å². The van der Waals surface area contributed by atoms with Crippen molar-refractivity contribution in [1.82, 2.24) is 5.32 Å².